The van der Waals surface area contributed by atoms with Crippen LogP contribution < -0.4 is 20.4 Å². The van der Waals surface area contributed by atoms with E-state index in [-0.39, 0.29) is 30.2 Å². The van der Waals surface area contributed by atoms with Gasteiger partial charge in [-0.1, -0.05) is 13.0 Å². The van der Waals surface area contributed by atoms with Crippen molar-refractivity contribution in [3.05, 3.63) is 40.6 Å². The van der Waals surface area contributed by atoms with E-state index in [0.717, 1.165) is 19.3 Å². The number of rotatable bonds is 10. The van der Waals surface area contributed by atoms with Crippen molar-refractivity contribution in [3.63, 3.8) is 0 Å². The van der Waals surface area contributed by atoms with E-state index in [9.17, 15) is 19.2 Å². The number of amides is 3. The molecule has 1 aromatic carbocycles. The Labute approximate surface area is 243 Å². The molecule has 13 nitrogen and oxygen atoms in total. The highest BCUT2D eigenvalue weighted by atomic mass is 35.5. The van der Waals surface area contributed by atoms with Gasteiger partial charge in [0.2, 0.25) is 12.7 Å². The maximum Gasteiger partial charge on any atom is 0.423 e. The summed E-state index contributed by atoms with van der Waals surface area (Å²) in [5, 5.41) is 11.8. The fraction of sp³-hybridized carbons (Fsp3) is 0.481. The molecule has 3 N–H and O–H groups in total. The average Bonchev–Trinajstić information content (AvgIpc) is 3.72. The largest absolute Gasteiger partial charge is 0.427 e. The third kappa shape index (κ3) is 6.85. The molecule has 1 unspecified atom stereocenters. The number of amidine groups is 1. The Morgan fingerprint density at radius 1 is 1.20 bits per heavy atom. The molecule has 0 bridgehead atoms. The van der Waals surface area contributed by atoms with Gasteiger partial charge in [-0.05, 0) is 75.1 Å². The molecule has 0 saturated heterocycles. The fourth-order valence-corrected chi connectivity index (χ4v) is 4.43. The van der Waals surface area contributed by atoms with E-state index >= 15 is 0 Å². The van der Waals surface area contributed by atoms with E-state index in [0.29, 0.717) is 34.6 Å². The number of benzene rings is 1. The Morgan fingerprint density at radius 3 is 2.63 bits per heavy atom. The maximum absolute atomic E-state index is 13.7. The first-order valence-electron chi connectivity index (χ1n) is 13.4. The number of halogens is 1. The van der Waals surface area contributed by atoms with Crippen LogP contribution in [0.2, 0.25) is 0 Å². The lowest BCUT2D eigenvalue weighted by Gasteiger charge is -2.30. The molecule has 3 aliphatic rings. The Balaban J connectivity index is 1.70. The lowest BCUT2D eigenvalue weighted by Crippen LogP contribution is -2.43. The van der Waals surface area contributed by atoms with Gasteiger partial charge in [-0.3, -0.25) is 19.4 Å². The van der Waals surface area contributed by atoms with E-state index in [1.165, 1.54) is 18.2 Å². The van der Waals surface area contributed by atoms with Crippen LogP contribution in [-0.2, 0) is 19.1 Å². The zero-order valence-electron chi connectivity index (χ0n) is 23.4. The first kappa shape index (κ1) is 30.0. The van der Waals surface area contributed by atoms with Crippen LogP contribution in [0.1, 0.15) is 56.0 Å². The van der Waals surface area contributed by atoms with Crippen molar-refractivity contribution in [1.82, 2.24) is 20.5 Å². The van der Waals surface area contributed by atoms with Crippen LogP contribution in [0.25, 0.3) is 0 Å². The molecule has 1 aliphatic carbocycles. The molecule has 2 atom stereocenters. The quantitative estimate of drug-likeness (QED) is 0.214. The molecule has 0 aromatic heterocycles. The van der Waals surface area contributed by atoms with Gasteiger partial charge in [-0.15, -0.1) is 0 Å². The number of hydrogen-bond acceptors (Lipinski definition) is 10. The number of nitrogens with zero attached hydrogens (tertiary/aromatic N) is 4. The predicted octanol–water partition coefficient (Wildman–Crippen LogP) is 2.55. The summed E-state index contributed by atoms with van der Waals surface area (Å²) < 4.78 is 10.4. The second-order valence-corrected chi connectivity index (χ2v) is 10.3. The monoisotopic (exact) mass is 587 g/mol. The molecule has 3 amide bonds. The van der Waals surface area contributed by atoms with Crippen molar-refractivity contribution in [2.75, 3.05) is 24.8 Å². The number of ether oxygens (including phenoxy) is 2. The van der Waals surface area contributed by atoms with Crippen LogP contribution in [-0.4, -0.2) is 73.0 Å². The Bertz CT molecular complexity index is 1310. The van der Waals surface area contributed by atoms with Gasteiger partial charge in [0, 0.05) is 18.2 Å². The molecule has 2 heterocycles. The van der Waals surface area contributed by atoms with Gasteiger partial charge >= 0.3 is 12.1 Å². The molecule has 2 aliphatic heterocycles. The maximum atomic E-state index is 13.7. The number of aliphatic imine (C=N–C) groups is 1. The second kappa shape index (κ2) is 13.1. The Hall–Kier alpha value is -3.97. The van der Waals surface area contributed by atoms with Gasteiger partial charge in [0.1, 0.15) is 18.1 Å². The number of aryl methyl sites for hydroxylation is 1. The molecule has 14 heteroatoms. The molecule has 220 valence electrons. The van der Waals surface area contributed by atoms with E-state index in [1.54, 1.807) is 37.1 Å². The highest BCUT2D eigenvalue weighted by molar-refractivity contribution is 6.24. The van der Waals surface area contributed by atoms with Crippen LogP contribution in [0.5, 0.6) is 0 Å². The minimum atomic E-state index is -0.916. The first-order chi connectivity index (χ1) is 19.7. The van der Waals surface area contributed by atoms with Gasteiger partial charge in [0.05, 0.1) is 18.2 Å². The van der Waals surface area contributed by atoms with Crippen molar-refractivity contribution in [3.8, 4) is 0 Å². The molecule has 1 fully saturated rings. The number of esters is 1. The van der Waals surface area contributed by atoms with Crippen molar-refractivity contribution in [2.45, 2.75) is 59.0 Å². The van der Waals surface area contributed by atoms with Gasteiger partial charge in [0.15, 0.2) is 5.84 Å². The highest BCUT2D eigenvalue weighted by Gasteiger charge is 2.41. The van der Waals surface area contributed by atoms with Gasteiger partial charge in [-0.2, -0.15) is 5.10 Å². The summed E-state index contributed by atoms with van der Waals surface area (Å²) in [5.74, 6) is -1.51. The van der Waals surface area contributed by atoms with Crippen molar-refractivity contribution in [1.29, 1.82) is 0 Å². The van der Waals surface area contributed by atoms with Crippen LogP contribution in [0, 0.1) is 12.8 Å². The molecular weight excluding hydrogens is 554 g/mol. The van der Waals surface area contributed by atoms with E-state index in [4.69, 9.17) is 21.3 Å². The molecule has 41 heavy (non-hydrogen) atoms. The third-order valence-electron chi connectivity index (χ3n) is 6.88. The van der Waals surface area contributed by atoms with Gasteiger partial charge in [0.25, 0.3) is 5.91 Å². The molecule has 0 spiro atoms. The standard InChI is InChI=1S/C27H34ClN7O6/c1-5-10-29-25(37)20-12-34-22(16(20)3)23(30-13-31-34)35(27(39)41-14-40-26(38)17(4)33-28)21-11-18(7-6-15(21)2)24(36)32-19-8-9-19/h6-7,11,13,17,19-20,33H,5,8-10,12,14H2,1-4H3,(H,29,37)(H,32,36)/t17-,20?/m0/s1. The Morgan fingerprint density at radius 2 is 1.95 bits per heavy atom. The molecular formula is C27H34ClN7O6. The summed E-state index contributed by atoms with van der Waals surface area (Å²) in [4.78, 5) is 59.3. The number of anilines is 1. The lowest BCUT2D eigenvalue weighted by molar-refractivity contribution is -0.153. The predicted molar refractivity (Wildman–Crippen MR) is 152 cm³/mol. The summed E-state index contributed by atoms with van der Waals surface area (Å²) >= 11 is 5.47. The lowest BCUT2D eigenvalue weighted by atomic mass is 10.0. The van der Waals surface area contributed by atoms with Gasteiger partial charge in [-0.25, -0.2) is 19.5 Å². The first-order valence-corrected chi connectivity index (χ1v) is 13.8. The van der Waals surface area contributed by atoms with Crippen molar-refractivity contribution in [2.24, 2.45) is 16.0 Å². The molecule has 1 saturated carbocycles. The minimum absolute atomic E-state index is 0.141. The number of fused-ring (bicyclic) bond motifs is 1. The van der Waals surface area contributed by atoms with Crippen LogP contribution in [0.15, 0.2) is 39.6 Å². The second-order valence-electron chi connectivity index (χ2n) is 10.0. The number of nitrogens with one attached hydrogen (secondary N) is 3. The normalized spacial score (nSPS) is 18.3. The summed E-state index contributed by atoms with van der Waals surface area (Å²) in [6, 6.07) is 4.28. The highest BCUT2D eigenvalue weighted by Crippen LogP contribution is 2.35. The van der Waals surface area contributed by atoms with E-state index in [1.807, 2.05) is 6.92 Å². The molecule has 1 aromatic rings. The third-order valence-corrected chi connectivity index (χ3v) is 7.21. The summed E-state index contributed by atoms with van der Waals surface area (Å²) in [6.07, 6.45) is 3.00. The summed E-state index contributed by atoms with van der Waals surface area (Å²) in [5.41, 5.74) is 2.45. The van der Waals surface area contributed by atoms with E-state index < -0.39 is 30.8 Å². The zero-order valence-corrected chi connectivity index (χ0v) is 24.2. The number of carbonyl (C=O) groups excluding carboxylic acids is 4. The van der Waals surface area contributed by atoms with Gasteiger partial charge < -0.3 is 20.1 Å². The van der Waals surface area contributed by atoms with Crippen LogP contribution >= 0.6 is 11.8 Å². The van der Waals surface area contributed by atoms with Crippen LogP contribution in [0.4, 0.5) is 10.5 Å². The molecule has 4 rings (SSSR count). The van der Waals surface area contributed by atoms with Crippen molar-refractivity contribution >= 4 is 53.5 Å². The number of hydrogen-bond donors (Lipinski definition) is 3. The average molecular weight is 588 g/mol. The van der Waals surface area contributed by atoms with Crippen LogP contribution in [0.3, 0.4) is 0 Å². The SMILES string of the molecule is CCCNC(=O)C1CN2N=CN=C(N(C(=O)OCOC(=O)[C@H](C)NCl)c3cc(C(=O)NC4CC4)ccc3C)C2=C1C. The Kier molecular flexibility index (Phi) is 9.61. The van der Waals surface area contributed by atoms with E-state index in [2.05, 4.69) is 25.6 Å². The summed E-state index contributed by atoms with van der Waals surface area (Å²) in [6.45, 7) is 7.12. The summed E-state index contributed by atoms with van der Waals surface area (Å²) in [7, 11) is 0. The number of hydrazone groups is 1. The topological polar surface area (TPSA) is 154 Å². The fourth-order valence-electron chi connectivity index (χ4n) is 4.34. The number of carbonyl (C=O) groups is 4. The smallest absolute Gasteiger partial charge is 0.423 e. The van der Waals surface area contributed by atoms with Crippen molar-refractivity contribution < 1.29 is 28.7 Å². The zero-order chi connectivity index (χ0) is 29.7. The minimum Gasteiger partial charge on any atom is -0.427 e. The molecule has 0 radical (unpaired) electrons.